The van der Waals surface area contributed by atoms with E-state index in [0.29, 0.717) is 47.0 Å². The Morgan fingerprint density at radius 1 is 0.491 bits per heavy atom. The number of benzene rings is 6. The van der Waals surface area contributed by atoms with Gasteiger partial charge in [0, 0.05) is 36.1 Å². The van der Waals surface area contributed by atoms with Crippen molar-refractivity contribution in [2.75, 3.05) is 0 Å². The second kappa shape index (κ2) is 22.0. The molecule has 288 valence electrons. The van der Waals surface area contributed by atoms with E-state index in [1.165, 1.54) is 61.0 Å². The largest absolute Gasteiger partial charge is 2.00 e. The molecule has 0 saturated carbocycles. The zero-order valence-corrected chi connectivity index (χ0v) is 30.8. The number of nitrogens with zero attached hydrogens (tertiary/aromatic N) is 6. The van der Waals surface area contributed by atoms with Gasteiger partial charge in [-0.25, -0.2) is 0 Å². The Morgan fingerprint density at radius 3 is 1.14 bits per heavy atom. The smallest absolute Gasteiger partial charge is 0.857 e. The van der Waals surface area contributed by atoms with Crippen LogP contribution in [0.1, 0.15) is 33.4 Å². The Labute approximate surface area is 337 Å². The van der Waals surface area contributed by atoms with Crippen molar-refractivity contribution >= 4 is 35.6 Å². The monoisotopic (exact) mass is 806 g/mol. The van der Waals surface area contributed by atoms with Crippen molar-refractivity contribution in [2.45, 2.75) is 13.2 Å². The normalized spacial score (nSPS) is 11.3. The average molecular weight is 807 g/mol. The third kappa shape index (κ3) is 14.0. The quantitative estimate of drug-likeness (QED) is 0.0384. The maximum atomic E-state index is 12.1. The topological polar surface area (TPSA) is 200 Å². The standard InChI is InChI=1S/2C21H17N3O4.Ni/c2*25-21(23-22-14-16-6-10-19(11-7-16)24(26)27)18-8-12-20(13-9-18)28-15-17-4-2-1-3-5-17;/h2*1-14H,15H2,(H,23,25);/q;;+2/p-2/b2*22-14-;. The number of rotatable bonds is 14. The molecule has 0 bridgehead atoms. The molecule has 6 aromatic carbocycles. The van der Waals surface area contributed by atoms with Crippen LogP contribution in [0.4, 0.5) is 11.4 Å². The minimum atomic E-state index is -0.493. The number of non-ortho nitro benzene ring substituents is 2. The van der Waals surface area contributed by atoms with Gasteiger partial charge in [0.1, 0.15) is 24.7 Å². The molecular formula is C42H32N6NiO8. The van der Waals surface area contributed by atoms with Crippen LogP contribution in [0.5, 0.6) is 11.5 Å². The van der Waals surface area contributed by atoms with Crippen LogP contribution in [0.25, 0.3) is 0 Å². The molecule has 0 aliphatic heterocycles. The van der Waals surface area contributed by atoms with E-state index in [2.05, 4.69) is 20.4 Å². The zero-order valence-electron chi connectivity index (χ0n) is 29.8. The van der Waals surface area contributed by atoms with Gasteiger partial charge >= 0.3 is 16.5 Å². The number of hydrogen-bond donors (Lipinski definition) is 0. The molecule has 6 rings (SSSR count). The number of ether oxygens (including phenoxy) is 2. The van der Waals surface area contributed by atoms with Gasteiger partial charge < -0.3 is 19.7 Å². The molecule has 0 spiro atoms. The molecule has 0 radical (unpaired) electrons. The molecule has 0 unspecified atom stereocenters. The molecule has 0 amide bonds. The van der Waals surface area contributed by atoms with Gasteiger partial charge in [0.05, 0.1) is 22.3 Å². The van der Waals surface area contributed by atoms with Crippen molar-refractivity contribution < 1.29 is 46.0 Å². The van der Waals surface area contributed by atoms with Crippen LogP contribution in [-0.2, 0) is 29.7 Å². The van der Waals surface area contributed by atoms with Gasteiger partial charge in [-0.1, -0.05) is 84.9 Å². The van der Waals surface area contributed by atoms with E-state index in [1.54, 1.807) is 48.5 Å². The van der Waals surface area contributed by atoms with Gasteiger partial charge in [0.2, 0.25) is 0 Å². The fourth-order valence-corrected chi connectivity index (χ4v) is 4.64. The first-order valence-electron chi connectivity index (χ1n) is 16.8. The molecular weight excluding hydrogens is 775 g/mol. The van der Waals surface area contributed by atoms with Crippen molar-refractivity contribution in [1.29, 1.82) is 0 Å². The summed E-state index contributed by atoms with van der Waals surface area (Å²) in [6.07, 6.45) is 2.72. The third-order valence-electron chi connectivity index (χ3n) is 7.62. The van der Waals surface area contributed by atoms with E-state index in [-0.39, 0.29) is 27.9 Å². The minimum Gasteiger partial charge on any atom is -0.857 e. The van der Waals surface area contributed by atoms with Crippen molar-refractivity contribution in [1.82, 2.24) is 0 Å². The molecule has 57 heavy (non-hydrogen) atoms. The van der Waals surface area contributed by atoms with E-state index in [1.807, 2.05) is 60.7 Å². The van der Waals surface area contributed by atoms with Gasteiger partial charge in [-0.05, 0) is 81.9 Å². The predicted molar refractivity (Wildman–Crippen MR) is 209 cm³/mol. The maximum Gasteiger partial charge on any atom is 2.00 e. The van der Waals surface area contributed by atoms with Crippen LogP contribution < -0.4 is 19.7 Å². The molecule has 6 aromatic rings. The van der Waals surface area contributed by atoms with Crippen LogP contribution in [0.2, 0.25) is 0 Å². The Morgan fingerprint density at radius 2 is 0.825 bits per heavy atom. The number of nitro groups is 2. The number of hydrogen-bond acceptors (Lipinski definition) is 12. The third-order valence-corrected chi connectivity index (χ3v) is 7.62. The van der Waals surface area contributed by atoms with E-state index < -0.39 is 21.6 Å². The van der Waals surface area contributed by atoms with Crippen LogP contribution >= 0.6 is 0 Å². The summed E-state index contributed by atoms with van der Waals surface area (Å²) in [5.41, 5.74) is 4.05. The van der Waals surface area contributed by atoms with Crippen molar-refractivity contribution in [3.8, 4) is 11.5 Å². The second-order valence-corrected chi connectivity index (χ2v) is 11.6. The van der Waals surface area contributed by atoms with E-state index in [9.17, 15) is 30.4 Å². The summed E-state index contributed by atoms with van der Waals surface area (Å²) >= 11 is 0. The van der Waals surface area contributed by atoms with Crippen LogP contribution in [-0.4, -0.2) is 34.1 Å². The Hall–Kier alpha value is -7.51. The van der Waals surface area contributed by atoms with Gasteiger partial charge in [-0.3, -0.25) is 20.2 Å². The van der Waals surface area contributed by atoms with E-state index >= 15 is 0 Å². The van der Waals surface area contributed by atoms with Gasteiger partial charge in [-0.2, -0.15) is 20.4 Å². The zero-order chi connectivity index (χ0) is 39.5. The fourth-order valence-electron chi connectivity index (χ4n) is 4.64. The SMILES string of the molecule is O=[N+]([O-])c1ccc(/C=N\N=C(/[O-])c2ccc(OCc3ccccc3)cc2)cc1.O=[N+]([O-])c1ccc(/C=N\N=C(/[O-])c2ccc(OCc3ccccc3)cc2)cc1.[Ni+2]. The average Bonchev–Trinajstić information content (AvgIpc) is 3.24. The molecule has 0 aliphatic carbocycles. The maximum absolute atomic E-state index is 12.1. The first-order chi connectivity index (χ1) is 27.2. The van der Waals surface area contributed by atoms with E-state index in [4.69, 9.17) is 9.47 Å². The molecule has 14 nitrogen and oxygen atoms in total. The fraction of sp³-hybridized carbons (Fsp3) is 0.0476. The molecule has 15 heteroatoms. The van der Waals surface area contributed by atoms with Crippen molar-refractivity contribution in [3.63, 3.8) is 0 Å². The summed E-state index contributed by atoms with van der Waals surface area (Å²) in [6, 6.07) is 44.4. The number of nitro benzene ring substituents is 2. The van der Waals surface area contributed by atoms with Crippen LogP contribution in [0, 0.1) is 20.2 Å². The van der Waals surface area contributed by atoms with Gasteiger partial charge in [-0.15, -0.1) is 0 Å². The van der Waals surface area contributed by atoms with Crippen LogP contribution in [0.3, 0.4) is 0 Å². The summed E-state index contributed by atoms with van der Waals surface area (Å²) in [6.45, 7) is 0.885. The Kier molecular flexibility index (Phi) is 16.3. The van der Waals surface area contributed by atoms with Crippen LogP contribution in [0.15, 0.2) is 178 Å². The summed E-state index contributed by atoms with van der Waals surface area (Å²) in [5.74, 6) is 0.310. The second-order valence-electron chi connectivity index (χ2n) is 11.6. The molecule has 0 atom stereocenters. The molecule has 0 aromatic heterocycles. The predicted octanol–water partition coefficient (Wildman–Crippen LogP) is 6.63. The van der Waals surface area contributed by atoms with Gasteiger partial charge in [0.25, 0.3) is 11.4 Å². The Balaban J connectivity index is 0.000000248. The van der Waals surface area contributed by atoms with Crippen molar-refractivity contribution in [2.24, 2.45) is 20.4 Å². The van der Waals surface area contributed by atoms with E-state index in [0.717, 1.165) is 11.1 Å². The minimum absolute atomic E-state index is 0. The Bertz CT molecular complexity index is 2140. The van der Waals surface area contributed by atoms with Gasteiger partial charge in [0.15, 0.2) is 0 Å². The first-order valence-corrected chi connectivity index (χ1v) is 16.8. The molecule has 0 aliphatic rings. The summed E-state index contributed by atoms with van der Waals surface area (Å²) in [5, 5.41) is 60.1. The first kappa shape index (κ1) is 42.2. The molecule has 0 heterocycles. The molecule has 0 saturated heterocycles. The molecule has 0 N–H and O–H groups in total. The molecule has 0 fully saturated rings. The summed E-state index contributed by atoms with van der Waals surface area (Å²) < 4.78 is 11.3. The summed E-state index contributed by atoms with van der Waals surface area (Å²) in [4.78, 5) is 20.3. The van der Waals surface area contributed by atoms with Crippen molar-refractivity contribution in [3.05, 3.63) is 211 Å². The summed E-state index contributed by atoms with van der Waals surface area (Å²) in [7, 11) is 0.